The van der Waals surface area contributed by atoms with Crippen LogP contribution in [0.3, 0.4) is 0 Å². The van der Waals surface area contributed by atoms with E-state index in [1.54, 1.807) is 10.9 Å². The van der Waals surface area contributed by atoms with Gasteiger partial charge in [-0.1, -0.05) is 24.6 Å². The second-order valence-corrected chi connectivity index (χ2v) is 7.04. The van der Waals surface area contributed by atoms with Crippen molar-refractivity contribution in [1.29, 1.82) is 0 Å². The number of benzene rings is 1. The highest BCUT2D eigenvalue weighted by Crippen LogP contribution is 2.25. The molecule has 0 radical (unpaired) electrons. The maximum Gasteiger partial charge on any atom is 0.323 e. The van der Waals surface area contributed by atoms with Crippen LogP contribution in [0.1, 0.15) is 26.2 Å². The lowest BCUT2D eigenvalue weighted by Gasteiger charge is -2.49. The molecule has 1 atom stereocenters. The van der Waals surface area contributed by atoms with Gasteiger partial charge in [0.15, 0.2) is 0 Å². The molecule has 1 aromatic carbocycles. The third kappa shape index (κ3) is 3.26. The van der Waals surface area contributed by atoms with Crippen LogP contribution in [0.15, 0.2) is 42.6 Å². The van der Waals surface area contributed by atoms with Crippen molar-refractivity contribution in [3.63, 3.8) is 0 Å². The van der Waals surface area contributed by atoms with Gasteiger partial charge < -0.3 is 4.90 Å². The summed E-state index contributed by atoms with van der Waals surface area (Å²) in [6, 6.07) is 12.8. The third-order valence-corrected chi connectivity index (χ3v) is 5.35. The van der Waals surface area contributed by atoms with Gasteiger partial charge in [0.25, 0.3) is 0 Å². The summed E-state index contributed by atoms with van der Waals surface area (Å²) >= 11 is 0. The number of anilines is 1. The summed E-state index contributed by atoms with van der Waals surface area (Å²) in [5.41, 5.74) is 0.937. The Morgan fingerprint density at radius 1 is 1.16 bits per heavy atom. The number of hydrogen-bond donors (Lipinski definition) is 1. The molecule has 0 unspecified atom stereocenters. The van der Waals surface area contributed by atoms with Crippen LogP contribution in [0.4, 0.5) is 10.6 Å². The lowest BCUT2D eigenvalue weighted by atomic mass is 9.98. The van der Waals surface area contributed by atoms with E-state index >= 15 is 0 Å². The minimum absolute atomic E-state index is 0.0430. The van der Waals surface area contributed by atoms with Gasteiger partial charge in [0.2, 0.25) is 0 Å². The summed E-state index contributed by atoms with van der Waals surface area (Å²) in [5.74, 6) is 0.700. The summed E-state index contributed by atoms with van der Waals surface area (Å²) in [7, 11) is 0. The molecule has 2 saturated heterocycles. The van der Waals surface area contributed by atoms with E-state index in [-0.39, 0.29) is 6.03 Å². The number of carbonyl (C=O) groups is 1. The second kappa shape index (κ2) is 6.88. The Morgan fingerprint density at radius 2 is 1.96 bits per heavy atom. The molecule has 6 heteroatoms. The summed E-state index contributed by atoms with van der Waals surface area (Å²) in [6.07, 6.45) is 5.59. The van der Waals surface area contributed by atoms with Crippen molar-refractivity contribution in [3.8, 4) is 5.69 Å². The average molecular weight is 339 g/mol. The number of aromatic nitrogens is 2. The van der Waals surface area contributed by atoms with Gasteiger partial charge in [-0.15, -0.1) is 0 Å². The molecular weight excluding hydrogens is 314 g/mol. The number of urea groups is 1. The van der Waals surface area contributed by atoms with E-state index in [0.29, 0.717) is 17.9 Å². The fourth-order valence-electron chi connectivity index (χ4n) is 3.86. The molecular formula is C19H25N5O. The Morgan fingerprint density at radius 3 is 2.72 bits per heavy atom. The van der Waals surface area contributed by atoms with Crippen LogP contribution < -0.4 is 5.32 Å². The first kappa shape index (κ1) is 16.1. The molecule has 0 spiro atoms. The molecule has 3 heterocycles. The highest BCUT2D eigenvalue weighted by atomic mass is 16.2. The van der Waals surface area contributed by atoms with Crippen LogP contribution in [0.5, 0.6) is 0 Å². The first-order valence-corrected chi connectivity index (χ1v) is 9.13. The van der Waals surface area contributed by atoms with Crippen molar-refractivity contribution in [2.24, 2.45) is 0 Å². The first-order chi connectivity index (χ1) is 12.2. The standard InChI is InChI=1S/C19H25N5O/c1-15-7-5-6-12-23(15)17-13-22(14-17)19(25)21-18-10-11-20-24(18)16-8-3-2-4-9-16/h2-4,8-11,15,17H,5-7,12-14H2,1H3,(H,21,25)/t15-/m1/s1. The molecule has 2 aliphatic heterocycles. The zero-order valence-corrected chi connectivity index (χ0v) is 14.6. The maximum absolute atomic E-state index is 12.5. The van der Waals surface area contributed by atoms with Crippen LogP contribution in [-0.4, -0.2) is 57.3 Å². The number of nitrogens with zero attached hydrogens (tertiary/aromatic N) is 4. The number of carbonyl (C=O) groups excluding carboxylic acids is 1. The highest BCUT2D eigenvalue weighted by molar-refractivity contribution is 5.89. The van der Waals surface area contributed by atoms with Crippen LogP contribution >= 0.6 is 0 Å². The zero-order valence-electron chi connectivity index (χ0n) is 14.6. The lowest BCUT2D eigenvalue weighted by molar-refractivity contribution is 0.0199. The zero-order chi connectivity index (χ0) is 17.2. The number of nitrogens with one attached hydrogen (secondary N) is 1. The maximum atomic E-state index is 12.5. The fourth-order valence-corrected chi connectivity index (χ4v) is 3.86. The monoisotopic (exact) mass is 339 g/mol. The smallest absolute Gasteiger partial charge is 0.321 e. The van der Waals surface area contributed by atoms with Crippen molar-refractivity contribution in [2.45, 2.75) is 38.3 Å². The van der Waals surface area contributed by atoms with E-state index in [2.05, 4.69) is 22.2 Å². The van der Waals surface area contributed by atoms with E-state index in [1.165, 1.54) is 25.8 Å². The third-order valence-electron chi connectivity index (χ3n) is 5.35. The van der Waals surface area contributed by atoms with Crippen LogP contribution in [-0.2, 0) is 0 Å². The molecule has 25 heavy (non-hydrogen) atoms. The minimum Gasteiger partial charge on any atom is -0.321 e. The molecule has 132 valence electrons. The van der Waals surface area contributed by atoms with E-state index in [1.807, 2.05) is 41.3 Å². The summed E-state index contributed by atoms with van der Waals surface area (Å²) < 4.78 is 1.75. The van der Waals surface area contributed by atoms with Gasteiger partial charge in [0.1, 0.15) is 5.82 Å². The Kier molecular flexibility index (Phi) is 4.44. The Labute approximate surface area is 148 Å². The van der Waals surface area contributed by atoms with Crippen LogP contribution in [0, 0.1) is 0 Å². The van der Waals surface area contributed by atoms with Gasteiger partial charge in [-0.05, 0) is 38.4 Å². The van der Waals surface area contributed by atoms with Crippen molar-refractivity contribution >= 4 is 11.8 Å². The molecule has 2 aliphatic rings. The molecule has 4 rings (SSSR count). The first-order valence-electron chi connectivity index (χ1n) is 9.13. The SMILES string of the molecule is C[C@@H]1CCCCN1C1CN(C(=O)Nc2ccnn2-c2ccccc2)C1. The average Bonchev–Trinajstić information content (AvgIpc) is 3.04. The number of hydrogen-bond acceptors (Lipinski definition) is 3. The van der Waals surface area contributed by atoms with Gasteiger partial charge >= 0.3 is 6.03 Å². The van der Waals surface area contributed by atoms with E-state index in [9.17, 15) is 4.79 Å². The normalized spacial score (nSPS) is 21.8. The lowest BCUT2D eigenvalue weighted by Crippen LogP contribution is -2.64. The van der Waals surface area contributed by atoms with Crippen LogP contribution in [0.2, 0.25) is 0 Å². The summed E-state index contributed by atoms with van der Waals surface area (Å²) in [5, 5.41) is 7.31. The number of likely N-dealkylation sites (tertiary alicyclic amines) is 2. The van der Waals surface area contributed by atoms with E-state index in [0.717, 1.165) is 18.8 Å². The van der Waals surface area contributed by atoms with Gasteiger partial charge in [0, 0.05) is 31.2 Å². The Balaban J connectivity index is 1.36. The molecule has 2 fully saturated rings. The van der Waals surface area contributed by atoms with E-state index in [4.69, 9.17) is 0 Å². The molecule has 6 nitrogen and oxygen atoms in total. The van der Waals surface area contributed by atoms with Gasteiger partial charge in [-0.2, -0.15) is 5.10 Å². The molecule has 0 aliphatic carbocycles. The summed E-state index contributed by atoms with van der Waals surface area (Å²) in [4.78, 5) is 17.0. The topological polar surface area (TPSA) is 53.4 Å². The van der Waals surface area contributed by atoms with Gasteiger partial charge in [0.05, 0.1) is 11.9 Å². The molecule has 0 saturated carbocycles. The van der Waals surface area contributed by atoms with Crippen molar-refractivity contribution in [2.75, 3.05) is 25.0 Å². The predicted octanol–water partition coefficient (Wildman–Crippen LogP) is 2.96. The van der Waals surface area contributed by atoms with Crippen molar-refractivity contribution in [1.82, 2.24) is 19.6 Å². The summed E-state index contributed by atoms with van der Waals surface area (Å²) in [6.45, 7) is 5.10. The number of piperidine rings is 1. The molecule has 1 N–H and O–H groups in total. The quantitative estimate of drug-likeness (QED) is 0.935. The molecule has 2 aromatic rings. The minimum atomic E-state index is -0.0430. The predicted molar refractivity (Wildman–Crippen MR) is 98.0 cm³/mol. The highest BCUT2D eigenvalue weighted by Gasteiger charge is 2.37. The number of para-hydroxylation sites is 1. The van der Waals surface area contributed by atoms with Crippen LogP contribution in [0.25, 0.3) is 5.69 Å². The van der Waals surface area contributed by atoms with E-state index < -0.39 is 0 Å². The molecule has 0 bridgehead atoms. The molecule has 1 aromatic heterocycles. The van der Waals surface area contributed by atoms with Crippen molar-refractivity contribution < 1.29 is 4.79 Å². The Bertz CT molecular complexity index is 722. The number of rotatable bonds is 3. The number of amides is 2. The van der Waals surface area contributed by atoms with Crippen molar-refractivity contribution in [3.05, 3.63) is 42.6 Å². The second-order valence-electron chi connectivity index (χ2n) is 7.04. The largest absolute Gasteiger partial charge is 0.323 e. The molecule has 2 amide bonds. The Hall–Kier alpha value is -2.34. The van der Waals surface area contributed by atoms with Gasteiger partial charge in [-0.25, -0.2) is 9.48 Å². The van der Waals surface area contributed by atoms with Gasteiger partial charge in [-0.3, -0.25) is 10.2 Å². The fraction of sp³-hybridized carbons (Fsp3) is 0.474.